The highest BCUT2D eigenvalue weighted by molar-refractivity contribution is 5.14. The van der Waals surface area contributed by atoms with Gasteiger partial charge in [-0.25, -0.2) is 0 Å². The SMILES string of the molecule is COCOC[C@@H]([C@H]1COC2(CCCCC2)O1)N(O)Cc1ccccc1. The minimum Gasteiger partial charge on any atom is -0.359 e. The molecule has 1 aromatic rings. The highest BCUT2D eigenvalue weighted by Crippen LogP contribution is 2.39. The van der Waals surface area contributed by atoms with E-state index in [1.54, 1.807) is 7.11 Å². The third-order valence-electron chi connectivity index (χ3n) is 4.98. The van der Waals surface area contributed by atoms with Crippen molar-refractivity contribution in [2.45, 2.75) is 56.6 Å². The van der Waals surface area contributed by atoms with E-state index in [2.05, 4.69) is 0 Å². The quantitative estimate of drug-likeness (QED) is 0.441. The first-order valence-corrected chi connectivity index (χ1v) is 9.10. The molecule has 1 aromatic carbocycles. The number of hydrogen-bond donors (Lipinski definition) is 1. The van der Waals surface area contributed by atoms with Crippen LogP contribution in [0.25, 0.3) is 0 Å². The first kappa shape index (κ1) is 18.8. The lowest BCUT2D eigenvalue weighted by atomic mass is 9.94. The maximum absolute atomic E-state index is 10.7. The van der Waals surface area contributed by atoms with Crippen LogP contribution in [0.1, 0.15) is 37.7 Å². The van der Waals surface area contributed by atoms with Crippen LogP contribution in [0.5, 0.6) is 0 Å². The number of benzene rings is 1. The zero-order chi connectivity index (χ0) is 17.5. The fraction of sp³-hybridized carbons (Fsp3) is 0.684. The molecular weight excluding hydrogens is 322 g/mol. The number of rotatable bonds is 8. The van der Waals surface area contributed by atoms with Crippen molar-refractivity contribution >= 4 is 0 Å². The van der Waals surface area contributed by atoms with E-state index in [9.17, 15) is 5.21 Å². The van der Waals surface area contributed by atoms with Crippen molar-refractivity contribution in [2.75, 3.05) is 27.1 Å². The van der Waals surface area contributed by atoms with Crippen molar-refractivity contribution in [1.29, 1.82) is 0 Å². The topological polar surface area (TPSA) is 60.4 Å². The van der Waals surface area contributed by atoms with Gasteiger partial charge in [-0.15, -0.1) is 0 Å². The summed E-state index contributed by atoms with van der Waals surface area (Å²) in [4.78, 5) is 0. The number of ether oxygens (including phenoxy) is 4. The molecule has 1 N–H and O–H groups in total. The van der Waals surface area contributed by atoms with Gasteiger partial charge in [-0.3, -0.25) is 0 Å². The van der Waals surface area contributed by atoms with Crippen molar-refractivity contribution in [1.82, 2.24) is 5.06 Å². The standard InChI is InChI=1S/C19H29NO5/c1-22-15-23-13-17(20(21)12-16-8-4-2-5-9-16)18-14-24-19(25-18)10-6-3-7-11-19/h2,4-5,8-9,17-18,21H,3,6-7,10-15H2,1H3/t17-,18+/m0/s1. The zero-order valence-electron chi connectivity index (χ0n) is 14.9. The molecule has 1 saturated heterocycles. The van der Waals surface area contributed by atoms with Gasteiger partial charge in [0, 0.05) is 26.5 Å². The molecule has 1 heterocycles. The van der Waals surface area contributed by atoms with E-state index in [0.29, 0.717) is 19.8 Å². The average molecular weight is 351 g/mol. The lowest BCUT2D eigenvalue weighted by Crippen LogP contribution is -2.47. The van der Waals surface area contributed by atoms with E-state index in [-0.39, 0.29) is 18.9 Å². The lowest BCUT2D eigenvalue weighted by molar-refractivity contribution is -0.222. The third kappa shape index (κ3) is 5.00. The van der Waals surface area contributed by atoms with Crippen molar-refractivity contribution in [3.8, 4) is 0 Å². The molecule has 25 heavy (non-hydrogen) atoms. The van der Waals surface area contributed by atoms with Gasteiger partial charge in [-0.1, -0.05) is 36.8 Å². The van der Waals surface area contributed by atoms with Crippen molar-refractivity contribution in [3.05, 3.63) is 35.9 Å². The molecule has 6 heteroatoms. The molecule has 0 amide bonds. The average Bonchev–Trinajstić information content (AvgIpc) is 3.03. The molecule has 2 fully saturated rings. The van der Waals surface area contributed by atoms with Crippen LogP contribution in [-0.4, -0.2) is 55.3 Å². The molecule has 2 aliphatic rings. The number of hydrogen-bond acceptors (Lipinski definition) is 6. The number of methoxy groups -OCH3 is 1. The molecule has 140 valence electrons. The smallest absolute Gasteiger partial charge is 0.168 e. The maximum Gasteiger partial charge on any atom is 0.168 e. The molecule has 0 radical (unpaired) electrons. The van der Waals surface area contributed by atoms with Crippen LogP contribution < -0.4 is 0 Å². The Morgan fingerprint density at radius 2 is 2.00 bits per heavy atom. The van der Waals surface area contributed by atoms with Gasteiger partial charge in [0.25, 0.3) is 0 Å². The number of nitrogens with zero attached hydrogens (tertiary/aromatic N) is 1. The fourth-order valence-corrected chi connectivity index (χ4v) is 3.65. The Kier molecular flexibility index (Phi) is 6.81. The van der Waals surface area contributed by atoms with E-state index in [4.69, 9.17) is 18.9 Å². The summed E-state index contributed by atoms with van der Waals surface area (Å²) in [7, 11) is 1.59. The van der Waals surface area contributed by atoms with E-state index < -0.39 is 5.79 Å². The molecule has 1 aliphatic heterocycles. The molecule has 0 aromatic heterocycles. The Hall–Kier alpha value is -1.02. The first-order valence-electron chi connectivity index (χ1n) is 9.10. The van der Waals surface area contributed by atoms with E-state index in [1.807, 2.05) is 30.3 Å². The monoisotopic (exact) mass is 351 g/mol. The molecule has 0 unspecified atom stereocenters. The molecule has 0 bridgehead atoms. The van der Waals surface area contributed by atoms with Gasteiger partial charge in [0.05, 0.1) is 19.3 Å². The summed E-state index contributed by atoms with van der Waals surface area (Å²) in [6.07, 6.45) is 5.14. The second-order valence-corrected chi connectivity index (χ2v) is 6.87. The van der Waals surface area contributed by atoms with E-state index in [1.165, 1.54) is 11.5 Å². The molecule has 1 spiro atoms. The Morgan fingerprint density at radius 3 is 2.72 bits per heavy atom. The Balaban J connectivity index is 1.64. The zero-order valence-corrected chi connectivity index (χ0v) is 14.9. The van der Waals surface area contributed by atoms with Gasteiger partial charge in [0.1, 0.15) is 12.9 Å². The van der Waals surface area contributed by atoms with Crippen molar-refractivity contribution in [3.63, 3.8) is 0 Å². The second-order valence-electron chi connectivity index (χ2n) is 6.87. The highest BCUT2D eigenvalue weighted by atomic mass is 16.7. The molecule has 3 rings (SSSR count). The van der Waals surface area contributed by atoms with E-state index in [0.717, 1.165) is 31.2 Å². The Labute approximate surface area is 149 Å². The van der Waals surface area contributed by atoms with Gasteiger partial charge in [0.2, 0.25) is 0 Å². The predicted molar refractivity (Wildman–Crippen MR) is 92.0 cm³/mol. The van der Waals surface area contributed by atoms with Crippen LogP contribution in [-0.2, 0) is 25.5 Å². The molecular formula is C19H29NO5. The summed E-state index contributed by atoms with van der Waals surface area (Å²) in [5.74, 6) is -0.462. The summed E-state index contributed by atoms with van der Waals surface area (Å²) in [6.45, 7) is 1.40. The molecule has 2 atom stereocenters. The fourth-order valence-electron chi connectivity index (χ4n) is 3.65. The minimum absolute atomic E-state index is 0.189. The van der Waals surface area contributed by atoms with Gasteiger partial charge in [0.15, 0.2) is 5.79 Å². The largest absolute Gasteiger partial charge is 0.359 e. The number of hydroxylamine groups is 2. The Morgan fingerprint density at radius 1 is 1.24 bits per heavy atom. The summed E-state index contributed by atoms with van der Waals surface area (Å²) in [5, 5.41) is 12.0. The summed E-state index contributed by atoms with van der Waals surface area (Å²) >= 11 is 0. The lowest BCUT2D eigenvalue weighted by Gasteiger charge is -2.34. The molecule has 6 nitrogen and oxygen atoms in total. The van der Waals surface area contributed by atoms with Crippen LogP contribution in [0, 0.1) is 0 Å². The second kappa shape index (κ2) is 9.07. The third-order valence-corrected chi connectivity index (χ3v) is 4.98. The van der Waals surface area contributed by atoms with Gasteiger partial charge in [-0.2, -0.15) is 5.06 Å². The normalized spacial score (nSPS) is 24.0. The van der Waals surface area contributed by atoms with Crippen LogP contribution >= 0.6 is 0 Å². The first-order chi connectivity index (χ1) is 12.2. The van der Waals surface area contributed by atoms with Crippen molar-refractivity contribution < 1.29 is 24.2 Å². The van der Waals surface area contributed by atoms with Crippen molar-refractivity contribution in [2.24, 2.45) is 0 Å². The van der Waals surface area contributed by atoms with Gasteiger partial charge in [-0.05, 0) is 18.4 Å². The Bertz CT molecular complexity index is 506. The van der Waals surface area contributed by atoms with Gasteiger partial charge >= 0.3 is 0 Å². The van der Waals surface area contributed by atoms with Crippen LogP contribution in [0.3, 0.4) is 0 Å². The van der Waals surface area contributed by atoms with Crippen LogP contribution in [0.4, 0.5) is 0 Å². The highest BCUT2D eigenvalue weighted by Gasteiger charge is 2.46. The molecule has 1 saturated carbocycles. The van der Waals surface area contributed by atoms with Gasteiger partial charge < -0.3 is 24.2 Å². The minimum atomic E-state index is -0.462. The van der Waals surface area contributed by atoms with Crippen LogP contribution in [0.2, 0.25) is 0 Å². The van der Waals surface area contributed by atoms with E-state index >= 15 is 0 Å². The van der Waals surface area contributed by atoms with Crippen LogP contribution in [0.15, 0.2) is 30.3 Å². The maximum atomic E-state index is 10.7. The predicted octanol–water partition coefficient (Wildman–Crippen LogP) is 2.94. The summed E-state index contributed by atoms with van der Waals surface area (Å²) in [5.41, 5.74) is 1.04. The molecule has 1 aliphatic carbocycles. The summed E-state index contributed by atoms with van der Waals surface area (Å²) < 4.78 is 22.8. The summed E-state index contributed by atoms with van der Waals surface area (Å²) in [6, 6.07) is 9.56.